The molecule has 2 N–H and O–H groups in total. The molecule has 2 atom stereocenters. The van der Waals surface area contributed by atoms with Crippen LogP contribution in [0, 0.1) is 0 Å². The molecule has 1 unspecified atom stereocenters. The number of piperazine rings is 1. The summed E-state index contributed by atoms with van der Waals surface area (Å²) in [7, 11) is 0. The number of aryl methyl sites for hydroxylation is 1. The highest BCUT2D eigenvalue weighted by atomic mass is 19.3. The Bertz CT molecular complexity index is 2020. The van der Waals surface area contributed by atoms with Crippen molar-refractivity contribution in [2.24, 2.45) is 0 Å². The lowest BCUT2D eigenvalue weighted by molar-refractivity contribution is -0.124. The van der Waals surface area contributed by atoms with Gasteiger partial charge in [0.15, 0.2) is 6.61 Å². The fourth-order valence-corrected chi connectivity index (χ4v) is 8.77. The molecule has 0 aromatic heterocycles. The van der Waals surface area contributed by atoms with Crippen molar-refractivity contribution < 1.29 is 33.0 Å². The summed E-state index contributed by atoms with van der Waals surface area (Å²) in [5.74, 6) is -2.01. The van der Waals surface area contributed by atoms with Crippen molar-refractivity contribution in [1.29, 1.82) is 0 Å². The van der Waals surface area contributed by atoms with E-state index in [1.807, 2.05) is 41.3 Å². The van der Waals surface area contributed by atoms with E-state index in [0.29, 0.717) is 56.2 Å². The molecule has 9 nitrogen and oxygen atoms in total. The summed E-state index contributed by atoms with van der Waals surface area (Å²) in [4.78, 5) is 31.5. The first kappa shape index (κ1) is 37.9. The second-order valence-electron chi connectivity index (χ2n) is 15.7. The number of ether oxygens (including phenoxy) is 2. The molecule has 2 saturated heterocycles. The van der Waals surface area contributed by atoms with Gasteiger partial charge >= 0.3 is 0 Å². The Morgan fingerprint density at radius 1 is 0.875 bits per heavy atom. The number of phenols is 1. The van der Waals surface area contributed by atoms with Gasteiger partial charge < -0.3 is 29.7 Å². The summed E-state index contributed by atoms with van der Waals surface area (Å²) in [6.07, 6.45) is 3.84. The Labute approximate surface area is 327 Å². The monoisotopic (exact) mass is 764 g/mol. The van der Waals surface area contributed by atoms with E-state index in [1.165, 1.54) is 11.1 Å². The number of hydrogen-bond acceptors (Lipinski definition) is 7. The van der Waals surface area contributed by atoms with Crippen LogP contribution in [0.4, 0.5) is 14.5 Å². The lowest BCUT2D eigenvalue weighted by atomic mass is 9.77. The highest BCUT2D eigenvalue weighted by Gasteiger charge is 2.35. The maximum Gasteiger partial charge on any atom is 0.281 e. The Morgan fingerprint density at radius 2 is 1.68 bits per heavy atom. The Balaban J connectivity index is 0.789. The fraction of sp³-hybridized carbons (Fsp3) is 0.422. The van der Waals surface area contributed by atoms with Gasteiger partial charge in [0.1, 0.15) is 18.2 Å². The number of phenolic OH excluding ortho intramolecular Hbond substituents is 1. The SMILES string of the molecule is O=C1CCC(N2Cc3cc(N4CCN(CCCC(F)(F)COc5ccc(-c6cc(O)cc7c6C[C@@H](c6ccccc6)CC7)cc5)CC4)ccc3C2=O)COCN1. The number of carbonyl (C=O) groups excluding carboxylic acids is 2. The van der Waals surface area contributed by atoms with Crippen LogP contribution in [0.3, 0.4) is 0 Å². The normalized spacial score (nSPS) is 20.5. The number of anilines is 1. The zero-order valence-electron chi connectivity index (χ0n) is 31.7. The van der Waals surface area contributed by atoms with Crippen LogP contribution in [-0.2, 0) is 28.9 Å². The Hall–Kier alpha value is -5.00. The van der Waals surface area contributed by atoms with E-state index in [1.54, 1.807) is 18.2 Å². The first-order chi connectivity index (χ1) is 27.2. The van der Waals surface area contributed by atoms with Crippen molar-refractivity contribution in [3.63, 3.8) is 0 Å². The second kappa shape index (κ2) is 16.6. The molecule has 8 rings (SSSR count). The minimum absolute atomic E-state index is 0.0217. The summed E-state index contributed by atoms with van der Waals surface area (Å²) in [6.45, 7) is 4.05. The number of nitrogens with zero attached hydrogens (tertiary/aromatic N) is 3. The third-order valence-corrected chi connectivity index (χ3v) is 11.9. The molecule has 2 fully saturated rings. The van der Waals surface area contributed by atoms with Gasteiger partial charge in [-0.1, -0.05) is 42.5 Å². The van der Waals surface area contributed by atoms with Gasteiger partial charge in [-0.25, -0.2) is 8.78 Å². The number of benzene rings is 4. The topological polar surface area (TPSA) is 94.6 Å². The van der Waals surface area contributed by atoms with Crippen LogP contribution >= 0.6 is 0 Å². The predicted molar refractivity (Wildman–Crippen MR) is 211 cm³/mol. The number of nitrogens with one attached hydrogen (secondary N) is 1. The summed E-state index contributed by atoms with van der Waals surface area (Å²) in [5.41, 5.74) is 8.35. The standard InChI is InChI=1S/C45H50F2N4O5/c46-45(47,29-56-39-13-9-32(10-14-39)42-26-38(52)24-34-8-7-33(25-41(34)42)31-5-2-1-3-6-31)17-4-18-49-19-21-50(22-20-49)36-11-15-40-35(23-36)27-51(44(40)54)37-12-16-43(53)48-30-55-28-37/h1-3,5-6,9-11,13-15,23-24,26,33,37,52H,4,7-8,12,16-22,25,27-30H2,(H,48,53)/t33-,37?/m0/s1. The summed E-state index contributed by atoms with van der Waals surface area (Å²) < 4.78 is 41.2. The van der Waals surface area contributed by atoms with E-state index >= 15 is 8.78 Å². The maximum atomic E-state index is 15.0. The third kappa shape index (κ3) is 8.69. The van der Waals surface area contributed by atoms with Crippen LogP contribution in [-0.4, -0.2) is 91.4 Å². The Morgan fingerprint density at radius 3 is 2.48 bits per heavy atom. The van der Waals surface area contributed by atoms with Gasteiger partial charge in [-0.2, -0.15) is 0 Å². The van der Waals surface area contributed by atoms with Crippen molar-refractivity contribution in [1.82, 2.24) is 15.1 Å². The van der Waals surface area contributed by atoms with Crippen LogP contribution in [0.2, 0.25) is 0 Å². The molecule has 0 saturated carbocycles. The maximum absolute atomic E-state index is 15.0. The van der Waals surface area contributed by atoms with Gasteiger partial charge in [-0.15, -0.1) is 0 Å². The van der Waals surface area contributed by atoms with Gasteiger partial charge in [0.25, 0.3) is 11.8 Å². The molecule has 0 bridgehead atoms. The van der Waals surface area contributed by atoms with Crippen molar-refractivity contribution in [3.05, 3.63) is 113 Å². The average Bonchev–Trinajstić information content (AvgIpc) is 3.54. The highest BCUT2D eigenvalue weighted by molar-refractivity contribution is 5.99. The first-order valence-electron chi connectivity index (χ1n) is 20.0. The van der Waals surface area contributed by atoms with Crippen LogP contribution in [0.15, 0.2) is 84.9 Å². The van der Waals surface area contributed by atoms with E-state index in [0.717, 1.165) is 73.4 Å². The number of carbonyl (C=O) groups is 2. The molecule has 3 heterocycles. The second-order valence-corrected chi connectivity index (χ2v) is 15.7. The fourth-order valence-electron chi connectivity index (χ4n) is 8.77. The van der Waals surface area contributed by atoms with Gasteiger partial charge in [-0.3, -0.25) is 14.5 Å². The lowest BCUT2D eigenvalue weighted by Crippen LogP contribution is -2.46. The molecule has 4 aliphatic rings. The quantitative estimate of drug-likeness (QED) is 0.168. The van der Waals surface area contributed by atoms with Crippen LogP contribution in [0.5, 0.6) is 11.5 Å². The van der Waals surface area contributed by atoms with Crippen molar-refractivity contribution in [2.45, 2.75) is 69.4 Å². The van der Waals surface area contributed by atoms with E-state index in [9.17, 15) is 14.7 Å². The van der Waals surface area contributed by atoms with Gasteiger partial charge in [0.05, 0.1) is 12.6 Å². The molecule has 0 spiro atoms. The van der Waals surface area contributed by atoms with Crippen LogP contribution < -0.4 is 15.0 Å². The number of hydrogen-bond donors (Lipinski definition) is 2. The molecule has 0 radical (unpaired) electrons. The van der Waals surface area contributed by atoms with Crippen LogP contribution in [0.1, 0.15) is 70.6 Å². The zero-order chi connectivity index (χ0) is 38.6. The molecular formula is C45H50F2N4O5. The van der Waals surface area contributed by atoms with E-state index in [-0.39, 0.29) is 36.8 Å². The predicted octanol–water partition coefficient (Wildman–Crippen LogP) is 7.16. The minimum Gasteiger partial charge on any atom is -0.508 e. The van der Waals surface area contributed by atoms with E-state index in [2.05, 4.69) is 45.4 Å². The lowest BCUT2D eigenvalue weighted by Gasteiger charge is -2.36. The van der Waals surface area contributed by atoms with Gasteiger partial charge in [-0.05, 0) is 120 Å². The van der Waals surface area contributed by atoms with E-state index in [4.69, 9.17) is 9.47 Å². The van der Waals surface area contributed by atoms with Crippen molar-refractivity contribution in [3.8, 4) is 22.6 Å². The highest BCUT2D eigenvalue weighted by Crippen LogP contribution is 2.40. The average molecular weight is 765 g/mol. The summed E-state index contributed by atoms with van der Waals surface area (Å²) >= 11 is 0. The number of halogens is 2. The number of aromatic hydroxyl groups is 1. The van der Waals surface area contributed by atoms with Gasteiger partial charge in [0, 0.05) is 56.8 Å². The zero-order valence-corrected chi connectivity index (χ0v) is 31.7. The molecule has 294 valence electrons. The van der Waals surface area contributed by atoms with Gasteiger partial charge in [0.2, 0.25) is 5.91 Å². The van der Waals surface area contributed by atoms with Crippen LogP contribution in [0.25, 0.3) is 11.1 Å². The molecule has 1 aliphatic carbocycles. The van der Waals surface area contributed by atoms with E-state index < -0.39 is 12.5 Å². The molecule has 56 heavy (non-hydrogen) atoms. The smallest absolute Gasteiger partial charge is 0.281 e. The molecule has 4 aromatic carbocycles. The summed E-state index contributed by atoms with van der Waals surface area (Å²) in [5, 5.41) is 13.2. The molecule has 2 amide bonds. The number of amides is 2. The largest absolute Gasteiger partial charge is 0.508 e. The third-order valence-electron chi connectivity index (χ3n) is 11.9. The summed E-state index contributed by atoms with van der Waals surface area (Å²) in [6, 6.07) is 27.3. The number of rotatable bonds is 11. The first-order valence-corrected chi connectivity index (χ1v) is 20.0. The Kier molecular flexibility index (Phi) is 11.2. The number of alkyl halides is 2. The van der Waals surface area contributed by atoms with Crippen molar-refractivity contribution >= 4 is 17.5 Å². The molecule has 3 aliphatic heterocycles. The molecule has 11 heteroatoms. The molecular weight excluding hydrogens is 715 g/mol. The number of fused-ring (bicyclic) bond motifs is 2. The van der Waals surface area contributed by atoms with Crippen molar-refractivity contribution in [2.75, 3.05) is 57.6 Å². The minimum atomic E-state index is -2.96. The molecule has 4 aromatic rings.